The fraction of sp³-hybridized carbons (Fsp3) is 0.588. The second-order valence-electron chi connectivity index (χ2n) is 5.78. The lowest BCUT2D eigenvalue weighted by atomic mass is 9.91. The Labute approximate surface area is 122 Å². The van der Waals surface area contributed by atoms with Gasteiger partial charge in [-0.25, -0.2) is 0 Å². The third-order valence-corrected chi connectivity index (χ3v) is 4.33. The lowest BCUT2D eigenvalue weighted by Gasteiger charge is -2.38. The Hall–Kier alpha value is -1.53. The van der Waals surface area contributed by atoms with Crippen molar-refractivity contribution in [1.82, 2.24) is 4.90 Å². The molecule has 0 N–H and O–H groups in total. The normalized spacial score (nSPS) is 19.1. The fourth-order valence-corrected chi connectivity index (χ4v) is 2.89. The number of benzene rings is 1. The molecule has 1 aliphatic rings. The van der Waals surface area contributed by atoms with E-state index in [4.69, 9.17) is 4.74 Å². The molecule has 20 heavy (non-hydrogen) atoms. The summed E-state index contributed by atoms with van der Waals surface area (Å²) in [5, 5.41) is 9.60. The average Bonchev–Trinajstić information content (AvgIpc) is 2.53. The van der Waals surface area contributed by atoms with E-state index in [1.54, 1.807) is 7.11 Å². The molecule has 2 rings (SSSR count). The summed E-state index contributed by atoms with van der Waals surface area (Å²) >= 11 is 0. The topological polar surface area (TPSA) is 36.3 Å². The summed E-state index contributed by atoms with van der Waals surface area (Å²) in [7, 11) is 1.69. The first-order valence-electron chi connectivity index (χ1n) is 7.47. The molecular formula is C17H24N2O. The number of piperidine rings is 1. The fourth-order valence-electron chi connectivity index (χ4n) is 2.89. The number of nitrogens with zero attached hydrogens (tertiary/aromatic N) is 2. The zero-order chi connectivity index (χ0) is 14.4. The summed E-state index contributed by atoms with van der Waals surface area (Å²) in [5.74, 6) is 0.888. The summed E-state index contributed by atoms with van der Waals surface area (Å²) in [4.78, 5) is 2.36. The van der Waals surface area contributed by atoms with Crippen LogP contribution in [-0.2, 0) is 6.42 Å². The maximum Gasteiger partial charge on any atom is 0.119 e. The standard InChI is InChI=1S/C17H24N2O/c1-17(14-18,19-11-4-3-5-12-19)10-9-15-7-6-8-16(13-15)20-2/h6-8,13H,3-5,9-12H2,1-2H3. The molecule has 1 saturated heterocycles. The van der Waals surface area contributed by atoms with E-state index < -0.39 is 0 Å². The van der Waals surface area contributed by atoms with Gasteiger partial charge in [0.2, 0.25) is 0 Å². The molecule has 0 aromatic heterocycles. The van der Waals surface area contributed by atoms with Crippen molar-refractivity contribution in [2.45, 2.75) is 44.6 Å². The van der Waals surface area contributed by atoms with Gasteiger partial charge in [-0.3, -0.25) is 4.90 Å². The molecule has 1 heterocycles. The molecule has 1 atom stereocenters. The molecule has 0 spiro atoms. The van der Waals surface area contributed by atoms with E-state index in [-0.39, 0.29) is 5.54 Å². The van der Waals surface area contributed by atoms with Gasteiger partial charge < -0.3 is 4.74 Å². The van der Waals surface area contributed by atoms with Crippen LogP contribution in [-0.4, -0.2) is 30.6 Å². The number of likely N-dealkylation sites (tertiary alicyclic amines) is 1. The molecule has 1 aromatic rings. The summed E-state index contributed by atoms with van der Waals surface area (Å²) in [6, 6.07) is 10.7. The zero-order valence-electron chi connectivity index (χ0n) is 12.6. The van der Waals surface area contributed by atoms with E-state index in [9.17, 15) is 5.26 Å². The maximum atomic E-state index is 9.60. The Bertz CT molecular complexity index is 474. The van der Waals surface area contributed by atoms with Crippen molar-refractivity contribution in [3.63, 3.8) is 0 Å². The number of nitriles is 1. The highest BCUT2D eigenvalue weighted by molar-refractivity contribution is 5.29. The van der Waals surface area contributed by atoms with Crippen LogP contribution in [0, 0.1) is 11.3 Å². The summed E-state index contributed by atoms with van der Waals surface area (Å²) in [5.41, 5.74) is 0.895. The van der Waals surface area contributed by atoms with Crippen molar-refractivity contribution in [2.75, 3.05) is 20.2 Å². The Balaban J connectivity index is 2.00. The van der Waals surface area contributed by atoms with Crippen LogP contribution in [0.15, 0.2) is 24.3 Å². The predicted molar refractivity (Wildman–Crippen MR) is 80.8 cm³/mol. The van der Waals surface area contributed by atoms with Crippen LogP contribution in [0.1, 0.15) is 38.2 Å². The van der Waals surface area contributed by atoms with E-state index in [1.807, 2.05) is 12.1 Å². The molecule has 0 radical (unpaired) electrons. The van der Waals surface area contributed by atoms with Gasteiger partial charge in [0.25, 0.3) is 0 Å². The summed E-state index contributed by atoms with van der Waals surface area (Å²) < 4.78 is 5.25. The lowest BCUT2D eigenvalue weighted by molar-refractivity contribution is 0.117. The summed E-state index contributed by atoms with van der Waals surface area (Å²) in [6.45, 7) is 4.20. The molecule has 0 amide bonds. The zero-order valence-corrected chi connectivity index (χ0v) is 12.6. The van der Waals surface area contributed by atoms with Crippen LogP contribution in [0.4, 0.5) is 0 Å². The molecule has 0 aliphatic carbocycles. The number of aryl methyl sites for hydroxylation is 1. The lowest BCUT2D eigenvalue weighted by Crippen LogP contribution is -2.48. The second-order valence-corrected chi connectivity index (χ2v) is 5.78. The highest BCUT2D eigenvalue weighted by Gasteiger charge is 2.32. The molecule has 1 aromatic carbocycles. The molecule has 0 saturated carbocycles. The van der Waals surface area contributed by atoms with Crippen LogP contribution >= 0.6 is 0 Å². The number of rotatable bonds is 5. The third kappa shape index (κ3) is 3.52. The minimum absolute atomic E-state index is 0.344. The molecule has 1 unspecified atom stereocenters. The molecule has 3 heteroatoms. The molecule has 0 bridgehead atoms. The minimum atomic E-state index is -0.344. The quantitative estimate of drug-likeness (QED) is 0.824. The van der Waals surface area contributed by atoms with Crippen LogP contribution in [0.5, 0.6) is 5.75 Å². The smallest absolute Gasteiger partial charge is 0.119 e. The Morgan fingerprint density at radius 3 is 2.70 bits per heavy atom. The van der Waals surface area contributed by atoms with Crippen LogP contribution < -0.4 is 4.74 Å². The van der Waals surface area contributed by atoms with Crippen molar-refractivity contribution in [2.24, 2.45) is 0 Å². The molecule has 3 nitrogen and oxygen atoms in total. The first-order chi connectivity index (χ1) is 9.68. The van der Waals surface area contributed by atoms with Gasteiger partial charge in [0, 0.05) is 0 Å². The largest absolute Gasteiger partial charge is 0.497 e. The number of methoxy groups -OCH3 is 1. The SMILES string of the molecule is COc1cccc(CCC(C)(C#N)N2CCCCC2)c1. The highest BCUT2D eigenvalue weighted by atomic mass is 16.5. The van der Waals surface area contributed by atoms with Gasteiger partial charge >= 0.3 is 0 Å². The van der Waals surface area contributed by atoms with Crippen molar-refractivity contribution < 1.29 is 4.74 Å². The maximum absolute atomic E-state index is 9.60. The van der Waals surface area contributed by atoms with E-state index in [0.29, 0.717) is 0 Å². The van der Waals surface area contributed by atoms with Crippen molar-refractivity contribution in [3.05, 3.63) is 29.8 Å². The average molecular weight is 272 g/mol. The minimum Gasteiger partial charge on any atom is -0.497 e. The predicted octanol–water partition coefficient (Wildman–Crippen LogP) is 3.40. The van der Waals surface area contributed by atoms with Gasteiger partial charge in [-0.2, -0.15) is 5.26 Å². The molecule has 1 aliphatic heterocycles. The van der Waals surface area contributed by atoms with E-state index in [0.717, 1.165) is 31.7 Å². The monoisotopic (exact) mass is 272 g/mol. The van der Waals surface area contributed by atoms with E-state index in [1.165, 1.54) is 24.8 Å². The van der Waals surface area contributed by atoms with E-state index in [2.05, 4.69) is 30.0 Å². The third-order valence-electron chi connectivity index (χ3n) is 4.33. The van der Waals surface area contributed by atoms with Crippen LogP contribution in [0.25, 0.3) is 0 Å². The van der Waals surface area contributed by atoms with Crippen molar-refractivity contribution >= 4 is 0 Å². The Morgan fingerprint density at radius 2 is 2.05 bits per heavy atom. The van der Waals surface area contributed by atoms with Gasteiger partial charge in [0.05, 0.1) is 13.2 Å². The van der Waals surface area contributed by atoms with Gasteiger partial charge in [0.15, 0.2) is 0 Å². The first-order valence-corrected chi connectivity index (χ1v) is 7.47. The van der Waals surface area contributed by atoms with Crippen LogP contribution in [0.3, 0.4) is 0 Å². The van der Waals surface area contributed by atoms with Gasteiger partial charge in [-0.05, 0) is 63.4 Å². The van der Waals surface area contributed by atoms with Crippen LogP contribution in [0.2, 0.25) is 0 Å². The first kappa shape index (κ1) is 14.9. The molecular weight excluding hydrogens is 248 g/mol. The Morgan fingerprint density at radius 1 is 1.30 bits per heavy atom. The highest BCUT2D eigenvalue weighted by Crippen LogP contribution is 2.26. The van der Waals surface area contributed by atoms with Gasteiger partial charge in [-0.15, -0.1) is 0 Å². The number of hydrogen-bond acceptors (Lipinski definition) is 3. The van der Waals surface area contributed by atoms with Crippen molar-refractivity contribution in [1.29, 1.82) is 5.26 Å². The van der Waals surface area contributed by atoms with Crippen molar-refractivity contribution in [3.8, 4) is 11.8 Å². The molecule has 108 valence electrons. The van der Waals surface area contributed by atoms with E-state index >= 15 is 0 Å². The number of hydrogen-bond donors (Lipinski definition) is 0. The number of ether oxygens (including phenoxy) is 1. The Kier molecular flexibility index (Phi) is 5.03. The van der Waals surface area contributed by atoms with Gasteiger partial charge in [0.1, 0.15) is 11.3 Å². The summed E-state index contributed by atoms with van der Waals surface area (Å²) in [6.07, 6.45) is 5.52. The molecule has 1 fully saturated rings. The van der Waals surface area contributed by atoms with Gasteiger partial charge in [-0.1, -0.05) is 18.6 Å². The second kappa shape index (κ2) is 6.76.